The number of carbonyl (C=O) groups is 1. The number of anilines is 1. The zero-order chi connectivity index (χ0) is 24.7. The molecule has 2 aliphatic rings. The quantitative estimate of drug-likeness (QED) is 0.450. The van der Waals surface area contributed by atoms with Gasteiger partial charge in [0.15, 0.2) is 0 Å². The van der Waals surface area contributed by atoms with E-state index in [2.05, 4.69) is 81.4 Å². The summed E-state index contributed by atoms with van der Waals surface area (Å²) in [7, 11) is 2.09. The maximum Gasteiger partial charge on any atom is 0.252 e. The van der Waals surface area contributed by atoms with Crippen molar-refractivity contribution in [2.45, 2.75) is 91.6 Å². The number of hydrogen-bond donors (Lipinski definition) is 1. The number of nitrogens with zero attached hydrogens (tertiary/aromatic N) is 1. The molecule has 2 atom stereocenters. The Bertz CT molecular complexity index is 993. The van der Waals surface area contributed by atoms with Crippen molar-refractivity contribution in [1.29, 1.82) is 0 Å². The number of carbonyl (C=O) groups excluding carboxylic acids is 1. The van der Waals surface area contributed by atoms with Crippen LogP contribution in [-0.2, 0) is 6.42 Å². The highest BCUT2D eigenvalue weighted by molar-refractivity contribution is 5.97. The molecule has 3 heteroatoms. The molecule has 1 unspecified atom stereocenters. The number of rotatable bonds is 7. The summed E-state index contributed by atoms with van der Waals surface area (Å²) in [5.41, 5.74) is 6.66. The summed E-state index contributed by atoms with van der Waals surface area (Å²) in [5, 5.41) is 3.22. The highest BCUT2D eigenvalue weighted by atomic mass is 16.1. The molecule has 34 heavy (non-hydrogen) atoms. The van der Waals surface area contributed by atoms with Crippen LogP contribution in [0.4, 0.5) is 5.69 Å². The van der Waals surface area contributed by atoms with E-state index in [0.717, 1.165) is 42.0 Å². The van der Waals surface area contributed by atoms with Gasteiger partial charge in [-0.1, -0.05) is 75.9 Å². The predicted octanol–water partition coefficient (Wildman–Crippen LogP) is 8.12. The van der Waals surface area contributed by atoms with E-state index < -0.39 is 0 Å². The first-order valence-electron chi connectivity index (χ1n) is 13.3. The van der Waals surface area contributed by atoms with Crippen LogP contribution in [0.2, 0.25) is 0 Å². The third kappa shape index (κ3) is 6.31. The molecule has 0 spiro atoms. The van der Waals surface area contributed by atoms with Crippen molar-refractivity contribution in [2.75, 3.05) is 11.9 Å². The summed E-state index contributed by atoms with van der Waals surface area (Å²) >= 11 is 0. The maximum atomic E-state index is 13.1. The minimum atomic E-state index is -0.0412. The van der Waals surface area contributed by atoms with Crippen LogP contribution < -0.4 is 10.2 Å². The first-order valence-corrected chi connectivity index (χ1v) is 13.3. The van der Waals surface area contributed by atoms with Crippen LogP contribution >= 0.6 is 0 Å². The van der Waals surface area contributed by atoms with E-state index in [9.17, 15) is 4.79 Å². The molecule has 1 fully saturated rings. The first-order chi connectivity index (χ1) is 16.3. The summed E-state index contributed by atoms with van der Waals surface area (Å²) in [4.78, 5) is 15.3. The molecule has 0 aromatic heterocycles. The molecular formula is C31H46N2O. The summed E-state index contributed by atoms with van der Waals surface area (Å²) in [5.74, 6) is 1.10. The molecule has 1 N–H and O–H groups in total. The number of hydrogen-bond acceptors (Lipinski definition) is 2. The molecular weight excluding hydrogens is 416 g/mol. The molecule has 2 aromatic rings. The number of benzene rings is 2. The zero-order valence-corrected chi connectivity index (χ0v) is 22.2. The van der Waals surface area contributed by atoms with Crippen LogP contribution in [-0.4, -0.2) is 19.0 Å². The van der Waals surface area contributed by atoms with Crippen molar-refractivity contribution in [1.82, 2.24) is 5.32 Å². The van der Waals surface area contributed by atoms with Crippen LogP contribution in [0.25, 0.3) is 6.08 Å². The lowest BCUT2D eigenvalue weighted by atomic mass is 9.84. The van der Waals surface area contributed by atoms with Crippen molar-refractivity contribution >= 4 is 17.7 Å². The Balaban J connectivity index is 0.000000539. The largest absolute Gasteiger partial charge is 0.372 e. The Labute approximate surface area is 209 Å². The molecule has 1 amide bonds. The van der Waals surface area contributed by atoms with Gasteiger partial charge in [-0.3, -0.25) is 4.79 Å². The zero-order valence-electron chi connectivity index (χ0n) is 22.2. The summed E-state index contributed by atoms with van der Waals surface area (Å²) in [6.07, 6.45) is 13.6. The van der Waals surface area contributed by atoms with Crippen LogP contribution in [0.5, 0.6) is 0 Å². The lowest BCUT2D eigenvalue weighted by Gasteiger charge is -2.27. The third-order valence-corrected chi connectivity index (χ3v) is 7.84. The van der Waals surface area contributed by atoms with Crippen LogP contribution in [0.3, 0.4) is 0 Å². The standard InChI is InChI=1S/C25H32N2O.C6H12.H2/c1-6-18(3)27(5)21-15-14-17(2)24(16-21)25(28)26-19(4)22-13-9-11-20-10-7-8-12-23(20)22;1-2-6-4-3-5-6;/h8-9,11-16,18-19H,6-7,10H2,1-5H3,(H,26,28);6H,2-5H2,1H3;1H/t18?,19-;;/m1../s1. The third-order valence-electron chi connectivity index (χ3n) is 7.84. The molecule has 186 valence electrons. The summed E-state index contributed by atoms with van der Waals surface area (Å²) in [6, 6.07) is 13.0. The molecule has 2 aliphatic carbocycles. The van der Waals surface area contributed by atoms with Crippen molar-refractivity contribution in [2.24, 2.45) is 5.92 Å². The molecule has 1 saturated carbocycles. The Kier molecular flexibility index (Phi) is 9.38. The lowest BCUT2D eigenvalue weighted by molar-refractivity contribution is 0.0939. The number of aryl methyl sites for hydroxylation is 2. The normalized spacial score (nSPS) is 16.4. The van der Waals surface area contributed by atoms with E-state index >= 15 is 0 Å². The highest BCUT2D eigenvalue weighted by Gasteiger charge is 2.19. The van der Waals surface area contributed by atoms with Gasteiger partial charge in [0.05, 0.1) is 6.04 Å². The molecule has 0 radical (unpaired) electrons. The topological polar surface area (TPSA) is 32.3 Å². The van der Waals surface area contributed by atoms with Gasteiger partial charge in [-0.2, -0.15) is 0 Å². The fourth-order valence-electron chi connectivity index (χ4n) is 4.73. The second kappa shape index (κ2) is 12.2. The number of amides is 1. The van der Waals surface area contributed by atoms with Gasteiger partial charge in [-0.25, -0.2) is 0 Å². The monoisotopic (exact) mass is 462 g/mol. The SMILES string of the molecule is CCC(C)N(C)c1ccc(C)c(C(=O)N[C@H](C)c2cccc3c2C=CCC3)c1.CCC1CCC1.[HH]. The number of nitrogens with one attached hydrogen (secondary N) is 1. The molecule has 2 aromatic carbocycles. The highest BCUT2D eigenvalue weighted by Crippen LogP contribution is 2.29. The van der Waals surface area contributed by atoms with E-state index in [1.165, 1.54) is 42.4 Å². The van der Waals surface area contributed by atoms with Crippen molar-refractivity contribution in [3.63, 3.8) is 0 Å². The first kappa shape index (κ1) is 26.1. The van der Waals surface area contributed by atoms with Crippen LogP contribution in [0.1, 0.15) is 106 Å². The number of fused-ring (bicyclic) bond motifs is 1. The molecule has 0 aliphatic heterocycles. The van der Waals surface area contributed by atoms with Gasteiger partial charge in [-0.15, -0.1) is 0 Å². The smallest absolute Gasteiger partial charge is 0.252 e. The fraction of sp³-hybridized carbons (Fsp3) is 0.516. The second-order valence-electron chi connectivity index (χ2n) is 10.1. The predicted molar refractivity (Wildman–Crippen MR) is 149 cm³/mol. The molecule has 0 bridgehead atoms. The van der Waals surface area contributed by atoms with Crippen LogP contribution in [0.15, 0.2) is 42.5 Å². The van der Waals surface area contributed by atoms with Crippen molar-refractivity contribution in [3.8, 4) is 0 Å². The Hall–Kier alpha value is -2.55. The minimum absolute atomic E-state index is 0. The van der Waals surface area contributed by atoms with E-state index in [-0.39, 0.29) is 13.4 Å². The van der Waals surface area contributed by atoms with Crippen LogP contribution in [0, 0.1) is 12.8 Å². The average Bonchev–Trinajstić information content (AvgIpc) is 2.82. The van der Waals surface area contributed by atoms with Gasteiger partial charge >= 0.3 is 0 Å². The van der Waals surface area contributed by atoms with Crippen molar-refractivity contribution < 1.29 is 6.22 Å². The summed E-state index contributed by atoms with van der Waals surface area (Å²) < 4.78 is 0. The molecule has 0 saturated heterocycles. The Morgan fingerprint density at radius 1 is 1.18 bits per heavy atom. The fourth-order valence-corrected chi connectivity index (χ4v) is 4.73. The molecule has 3 nitrogen and oxygen atoms in total. The van der Waals surface area contributed by atoms with E-state index in [1.54, 1.807) is 0 Å². The Morgan fingerprint density at radius 3 is 2.56 bits per heavy atom. The van der Waals surface area contributed by atoms with E-state index in [4.69, 9.17) is 0 Å². The molecule has 0 heterocycles. The van der Waals surface area contributed by atoms with E-state index in [0.29, 0.717) is 6.04 Å². The second-order valence-corrected chi connectivity index (χ2v) is 10.1. The maximum absolute atomic E-state index is 13.1. The Morgan fingerprint density at radius 2 is 1.94 bits per heavy atom. The van der Waals surface area contributed by atoms with Gasteiger partial charge in [0.25, 0.3) is 5.91 Å². The number of allylic oxidation sites excluding steroid dienone is 1. The van der Waals surface area contributed by atoms with Gasteiger partial charge in [0.1, 0.15) is 0 Å². The van der Waals surface area contributed by atoms with Gasteiger partial charge in [0, 0.05) is 25.8 Å². The lowest BCUT2D eigenvalue weighted by Crippen LogP contribution is -2.30. The van der Waals surface area contributed by atoms with Gasteiger partial charge in [-0.05, 0) is 80.3 Å². The van der Waals surface area contributed by atoms with Gasteiger partial charge < -0.3 is 10.2 Å². The van der Waals surface area contributed by atoms with Crippen molar-refractivity contribution in [3.05, 3.63) is 70.3 Å². The average molecular weight is 463 g/mol. The van der Waals surface area contributed by atoms with Gasteiger partial charge in [0.2, 0.25) is 0 Å². The van der Waals surface area contributed by atoms with E-state index in [1.807, 2.05) is 19.1 Å². The minimum Gasteiger partial charge on any atom is -0.372 e. The summed E-state index contributed by atoms with van der Waals surface area (Å²) in [6.45, 7) is 10.7. The molecule has 4 rings (SSSR count).